The van der Waals surface area contributed by atoms with Crippen LogP contribution in [0.1, 0.15) is 41.2 Å². The van der Waals surface area contributed by atoms with Crippen molar-refractivity contribution in [3.8, 4) is 0 Å². The number of aromatic nitrogens is 4. The highest BCUT2D eigenvalue weighted by atomic mass is 16.3. The lowest BCUT2D eigenvalue weighted by Gasteiger charge is -2.34. The largest absolute Gasteiger partial charge is 0.461 e. The first kappa shape index (κ1) is 16.3. The molecular weight excluding hydrogens is 338 g/mol. The van der Waals surface area contributed by atoms with Crippen molar-refractivity contribution in [3.05, 3.63) is 71.3 Å². The maximum absolute atomic E-state index is 6.12. The van der Waals surface area contributed by atoms with E-state index < -0.39 is 0 Å². The topological polar surface area (TPSA) is 62.9 Å². The van der Waals surface area contributed by atoms with Gasteiger partial charge in [0, 0.05) is 61.4 Å². The second kappa shape index (κ2) is 6.39. The van der Waals surface area contributed by atoms with Crippen molar-refractivity contribution in [1.82, 2.24) is 24.6 Å². The Balaban J connectivity index is 1.58. The fraction of sp³-hybridized carbons (Fsp3) is 0.333. The summed E-state index contributed by atoms with van der Waals surface area (Å²) in [6.07, 6.45) is 7.72. The van der Waals surface area contributed by atoms with E-state index in [2.05, 4.69) is 51.3 Å². The summed E-state index contributed by atoms with van der Waals surface area (Å²) in [6, 6.07) is 8.44. The summed E-state index contributed by atoms with van der Waals surface area (Å²) in [5, 5.41) is 5.61. The molecule has 4 heterocycles. The molecule has 0 spiro atoms. The second-order valence-electron chi connectivity index (χ2n) is 7.19. The van der Waals surface area contributed by atoms with Gasteiger partial charge in [0.15, 0.2) is 0 Å². The summed E-state index contributed by atoms with van der Waals surface area (Å²) in [7, 11) is 1.96. The normalized spacial score (nSPS) is 17.5. The average molecular weight is 361 g/mol. The first-order valence-electron chi connectivity index (χ1n) is 9.48. The quantitative estimate of drug-likeness (QED) is 0.603. The molecule has 0 amide bonds. The van der Waals surface area contributed by atoms with Crippen molar-refractivity contribution < 1.29 is 4.42 Å². The van der Waals surface area contributed by atoms with Crippen LogP contribution in [0.5, 0.6) is 0 Å². The zero-order valence-electron chi connectivity index (χ0n) is 15.6. The van der Waals surface area contributed by atoms with E-state index in [0.29, 0.717) is 0 Å². The maximum Gasteiger partial charge on any atom is 0.134 e. The van der Waals surface area contributed by atoms with Crippen LogP contribution < -0.4 is 0 Å². The minimum absolute atomic E-state index is 0.104. The van der Waals surface area contributed by atoms with Gasteiger partial charge in [-0.1, -0.05) is 25.1 Å². The van der Waals surface area contributed by atoms with Crippen molar-refractivity contribution in [2.24, 2.45) is 7.05 Å². The van der Waals surface area contributed by atoms with Crippen molar-refractivity contribution in [2.75, 3.05) is 6.54 Å². The Morgan fingerprint density at radius 3 is 3.00 bits per heavy atom. The highest BCUT2D eigenvalue weighted by Crippen LogP contribution is 2.36. The molecule has 1 aliphatic heterocycles. The highest BCUT2D eigenvalue weighted by molar-refractivity contribution is 5.82. The van der Waals surface area contributed by atoms with E-state index in [1.807, 2.05) is 30.3 Å². The highest BCUT2D eigenvalue weighted by Gasteiger charge is 2.33. The van der Waals surface area contributed by atoms with Crippen LogP contribution in [0.2, 0.25) is 0 Å². The van der Waals surface area contributed by atoms with Crippen LogP contribution in [0, 0.1) is 0 Å². The third-order valence-electron chi connectivity index (χ3n) is 5.53. The number of nitrogens with zero attached hydrogens (tertiary/aromatic N) is 4. The molecule has 138 valence electrons. The number of H-pyrrole nitrogens is 1. The lowest BCUT2D eigenvalue weighted by molar-refractivity contribution is 0.199. The minimum atomic E-state index is 0.104. The van der Waals surface area contributed by atoms with Crippen LogP contribution in [-0.4, -0.2) is 31.2 Å². The maximum atomic E-state index is 6.12. The molecule has 1 atom stereocenters. The van der Waals surface area contributed by atoms with Crippen molar-refractivity contribution in [3.63, 3.8) is 0 Å². The number of aromatic amines is 1. The molecule has 27 heavy (non-hydrogen) atoms. The van der Waals surface area contributed by atoms with Gasteiger partial charge in [-0.2, -0.15) is 5.10 Å². The summed E-state index contributed by atoms with van der Waals surface area (Å²) < 4.78 is 7.98. The monoisotopic (exact) mass is 361 g/mol. The van der Waals surface area contributed by atoms with Gasteiger partial charge < -0.3 is 9.40 Å². The number of rotatable bonds is 4. The molecule has 1 N–H and O–H groups in total. The summed E-state index contributed by atoms with van der Waals surface area (Å²) in [6.45, 7) is 3.96. The van der Waals surface area contributed by atoms with Crippen LogP contribution in [0.3, 0.4) is 0 Å². The summed E-state index contributed by atoms with van der Waals surface area (Å²) in [5.41, 5.74) is 5.78. The fourth-order valence-corrected chi connectivity index (χ4v) is 4.26. The van der Waals surface area contributed by atoms with E-state index in [1.165, 1.54) is 22.2 Å². The fourth-order valence-electron chi connectivity index (χ4n) is 4.26. The Morgan fingerprint density at radius 2 is 2.19 bits per heavy atom. The summed E-state index contributed by atoms with van der Waals surface area (Å²) in [4.78, 5) is 10.5. The lowest BCUT2D eigenvalue weighted by Crippen LogP contribution is -2.35. The summed E-state index contributed by atoms with van der Waals surface area (Å²) >= 11 is 0. The molecule has 4 aromatic rings. The van der Waals surface area contributed by atoms with E-state index in [0.717, 1.165) is 43.0 Å². The molecule has 1 aromatic carbocycles. The second-order valence-corrected chi connectivity index (χ2v) is 7.19. The first-order chi connectivity index (χ1) is 13.2. The number of furan rings is 1. The van der Waals surface area contributed by atoms with Gasteiger partial charge in [-0.15, -0.1) is 0 Å². The number of hydrogen-bond acceptors (Lipinski definition) is 4. The van der Waals surface area contributed by atoms with Gasteiger partial charge in [0.25, 0.3) is 0 Å². The molecule has 0 saturated heterocycles. The van der Waals surface area contributed by atoms with Gasteiger partial charge in [-0.05, 0) is 6.07 Å². The number of hydrogen-bond donors (Lipinski definition) is 1. The van der Waals surface area contributed by atoms with E-state index in [4.69, 9.17) is 4.42 Å². The number of para-hydroxylation sites is 1. The number of nitrogens with one attached hydrogen (secondary N) is 1. The molecule has 6 heteroatoms. The van der Waals surface area contributed by atoms with Crippen LogP contribution in [0.25, 0.3) is 11.0 Å². The average Bonchev–Trinajstić information content (AvgIpc) is 3.40. The molecule has 1 aliphatic rings. The van der Waals surface area contributed by atoms with Crippen molar-refractivity contribution in [2.45, 2.75) is 32.4 Å². The molecule has 0 aliphatic carbocycles. The van der Waals surface area contributed by atoms with Gasteiger partial charge in [-0.25, -0.2) is 4.98 Å². The Morgan fingerprint density at radius 1 is 1.30 bits per heavy atom. The molecule has 0 saturated carbocycles. The molecule has 6 nitrogen and oxygen atoms in total. The van der Waals surface area contributed by atoms with Crippen LogP contribution in [0.15, 0.2) is 47.4 Å². The van der Waals surface area contributed by atoms with Crippen molar-refractivity contribution >= 4 is 11.0 Å². The van der Waals surface area contributed by atoms with Gasteiger partial charge >= 0.3 is 0 Å². The number of imidazole rings is 1. The Bertz CT molecular complexity index is 1090. The van der Waals surface area contributed by atoms with Crippen LogP contribution in [0.4, 0.5) is 0 Å². The van der Waals surface area contributed by atoms with Gasteiger partial charge in [-0.3, -0.25) is 9.58 Å². The smallest absolute Gasteiger partial charge is 0.134 e. The first-order valence-corrected chi connectivity index (χ1v) is 9.48. The van der Waals surface area contributed by atoms with Crippen LogP contribution >= 0.6 is 0 Å². The summed E-state index contributed by atoms with van der Waals surface area (Å²) in [5.74, 6) is 1.08. The molecule has 5 rings (SSSR count). The number of fused-ring (bicyclic) bond motifs is 2. The Labute approximate surface area is 157 Å². The third-order valence-corrected chi connectivity index (χ3v) is 5.53. The number of benzene rings is 1. The molecular formula is C21H23N5O. The Hall–Kier alpha value is -2.86. The Kier molecular flexibility index (Phi) is 3.86. The molecule has 0 bridgehead atoms. The number of aryl methyl sites for hydroxylation is 2. The van der Waals surface area contributed by atoms with E-state index in [9.17, 15) is 0 Å². The van der Waals surface area contributed by atoms with Gasteiger partial charge in [0.2, 0.25) is 0 Å². The van der Waals surface area contributed by atoms with Crippen LogP contribution in [-0.2, 0) is 26.4 Å². The zero-order valence-corrected chi connectivity index (χ0v) is 15.6. The van der Waals surface area contributed by atoms with Gasteiger partial charge in [0.1, 0.15) is 11.3 Å². The standard InChI is InChI=1S/C21H23N5O/c1-3-18-16(15-6-4-5-7-19(15)27-18)12-26-9-8-17-20(23-13-22-17)21(26)14-10-24-25(2)11-14/h4-7,10-11,13,21H,3,8-9,12H2,1-2H3,(H,22,23)/t21-/m1/s1. The molecule has 0 unspecified atom stereocenters. The zero-order chi connectivity index (χ0) is 18.4. The molecule has 3 aromatic heterocycles. The lowest BCUT2D eigenvalue weighted by atomic mass is 9.96. The minimum Gasteiger partial charge on any atom is -0.461 e. The van der Waals surface area contributed by atoms with Gasteiger partial charge in [0.05, 0.1) is 24.3 Å². The molecule has 0 fully saturated rings. The molecule has 0 radical (unpaired) electrons. The third kappa shape index (κ3) is 2.68. The SMILES string of the molecule is CCc1oc2ccccc2c1CN1CCc2[nH]cnc2[C@H]1c1cnn(C)c1. The van der Waals surface area contributed by atoms with Crippen molar-refractivity contribution in [1.29, 1.82) is 0 Å². The van der Waals surface area contributed by atoms with E-state index in [1.54, 1.807) is 0 Å². The predicted molar refractivity (Wildman–Crippen MR) is 103 cm³/mol. The van der Waals surface area contributed by atoms with E-state index in [-0.39, 0.29) is 6.04 Å². The van der Waals surface area contributed by atoms with E-state index >= 15 is 0 Å². The predicted octanol–water partition coefficient (Wildman–Crippen LogP) is 3.60.